The van der Waals surface area contributed by atoms with Crippen molar-refractivity contribution in [2.24, 2.45) is 0 Å². The molecule has 0 heterocycles. The van der Waals surface area contributed by atoms with Crippen LogP contribution in [0.5, 0.6) is 5.75 Å². The lowest BCUT2D eigenvalue weighted by Crippen LogP contribution is -2.07. The summed E-state index contributed by atoms with van der Waals surface area (Å²) in [7, 11) is 0. The lowest BCUT2D eigenvalue weighted by molar-refractivity contribution is 0.0985. The van der Waals surface area contributed by atoms with Crippen molar-refractivity contribution in [2.45, 2.75) is 12.8 Å². The summed E-state index contributed by atoms with van der Waals surface area (Å²) in [6, 6.07) is 20.3. The Kier molecular flexibility index (Phi) is 5.97. The van der Waals surface area contributed by atoms with Crippen molar-refractivity contribution in [1.29, 1.82) is 0 Å². The highest BCUT2D eigenvalue weighted by molar-refractivity contribution is 5.20. The Morgan fingerprint density at radius 2 is 1.37 bits per heavy atom. The molecule has 2 nitrogen and oxygen atoms in total. The molecule has 2 aromatic rings. The van der Waals surface area contributed by atoms with Crippen molar-refractivity contribution in [3.05, 3.63) is 66.2 Å². The molecule has 0 fully saturated rings. The summed E-state index contributed by atoms with van der Waals surface area (Å²) < 4.78 is 11.1. The lowest BCUT2D eigenvalue weighted by Gasteiger charge is -2.07. The van der Waals surface area contributed by atoms with Crippen molar-refractivity contribution in [2.75, 3.05) is 19.8 Å². The molecule has 0 spiro atoms. The predicted molar refractivity (Wildman–Crippen MR) is 77.5 cm³/mol. The number of para-hydroxylation sites is 1. The molecule has 0 aliphatic heterocycles. The van der Waals surface area contributed by atoms with Crippen LogP contribution in [0.2, 0.25) is 0 Å². The van der Waals surface area contributed by atoms with Gasteiger partial charge in [0.1, 0.15) is 12.4 Å². The molecule has 0 aliphatic carbocycles. The van der Waals surface area contributed by atoms with Gasteiger partial charge in [-0.2, -0.15) is 0 Å². The molecule has 0 aliphatic rings. The highest BCUT2D eigenvalue weighted by Gasteiger charge is 1.94. The molecule has 2 heteroatoms. The van der Waals surface area contributed by atoms with Crippen molar-refractivity contribution in [3.8, 4) is 5.75 Å². The van der Waals surface area contributed by atoms with Gasteiger partial charge in [-0.3, -0.25) is 0 Å². The van der Waals surface area contributed by atoms with Crippen LogP contribution in [0, 0.1) is 0 Å². The summed E-state index contributed by atoms with van der Waals surface area (Å²) in [5.74, 6) is 0.899. The molecule has 2 rings (SSSR count). The van der Waals surface area contributed by atoms with E-state index in [0.29, 0.717) is 13.2 Å². The van der Waals surface area contributed by atoms with Crippen LogP contribution in [-0.2, 0) is 11.2 Å². The maximum absolute atomic E-state index is 5.55. The molecule has 0 radical (unpaired) electrons. The maximum atomic E-state index is 5.55. The average molecular weight is 256 g/mol. The van der Waals surface area contributed by atoms with Crippen molar-refractivity contribution >= 4 is 0 Å². The van der Waals surface area contributed by atoms with Gasteiger partial charge in [0.2, 0.25) is 0 Å². The zero-order chi connectivity index (χ0) is 13.2. The minimum atomic E-state index is 0.606. The third-order valence-electron chi connectivity index (χ3n) is 2.84. The van der Waals surface area contributed by atoms with E-state index in [0.717, 1.165) is 25.2 Å². The smallest absolute Gasteiger partial charge is 0.119 e. The minimum absolute atomic E-state index is 0.606. The number of ether oxygens (including phenoxy) is 2. The standard InChI is InChI=1S/C17H20O2/c1-3-8-16(9-4-1)10-7-13-18-14-15-19-17-11-5-2-6-12-17/h1-6,8-9,11-12H,7,10,13-15H2. The molecule has 0 saturated carbocycles. The summed E-state index contributed by atoms with van der Waals surface area (Å²) >= 11 is 0. The second kappa shape index (κ2) is 8.33. The van der Waals surface area contributed by atoms with E-state index in [1.165, 1.54) is 5.56 Å². The van der Waals surface area contributed by atoms with Crippen LogP contribution >= 0.6 is 0 Å². The largest absolute Gasteiger partial charge is 0.491 e. The van der Waals surface area contributed by atoms with Crippen LogP contribution in [-0.4, -0.2) is 19.8 Å². The average Bonchev–Trinajstić information content (AvgIpc) is 2.48. The summed E-state index contributed by atoms with van der Waals surface area (Å²) in [5.41, 5.74) is 1.37. The highest BCUT2D eigenvalue weighted by Crippen LogP contribution is 2.07. The molecule has 0 amide bonds. The normalized spacial score (nSPS) is 10.3. The fraction of sp³-hybridized carbons (Fsp3) is 0.294. The molecule has 0 bridgehead atoms. The van der Waals surface area contributed by atoms with Crippen LogP contribution in [0.3, 0.4) is 0 Å². The third kappa shape index (κ3) is 5.58. The SMILES string of the molecule is c1ccc(CCCOCCOc2ccccc2)cc1. The van der Waals surface area contributed by atoms with E-state index in [9.17, 15) is 0 Å². The molecule has 0 aromatic heterocycles. The zero-order valence-corrected chi connectivity index (χ0v) is 11.1. The first-order valence-electron chi connectivity index (χ1n) is 6.75. The van der Waals surface area contributed by atoms with Gasteiger partial charge >= 0.3 is 0 Å². The van der Waals surface area contributed by atoms with Gasteiger partial charge in [0.25, 0.3) is 0 Å². The van der Waals surface area contributed by atoms with Crippen molar-refractivity contribution in [3.63, 3.8) is 0 Å². The Hall–Kier alpha value is -1.80. The quantitative estimate of drug-likeness (QED) is 0.670. The first kappa shape index (κ1) is 13.6. The Bertz CT molecular complexity index is 396. The Morgan fingerprint density at radius 1 is 0.684 bits per heavy atom. The first-order chi connectivity index (χ1) is 9.45. The van der Waals surface area contributed by atoms with Gasteiger partial charge in [-0.05, 0) is 30.5 Å². The minimum Gasteiger partial charge on any atom is -0.491 e. The Morgan fingerprint density at radius 3 is 2.11 bits per heavy atom. The van der Waals surface area contributed by atoms with E-state index in [1.807, 2.05) is 36.4 Å². The van der Waals surface area contributed by atoms with Gasteiger partial charge in [0.05, 0.1) is 6.61 Å². The first-order valence-corrected chi connectivity index (χ1v) is 6.75. The molecular formula is C17H20O2. The molecule has 0 N–H and O–H groups in total. The topological polar surface area (TPSA) is 18.5 Å². The molecule has 2 aromatic carbocycles. The van der Waals surface area contributed by atoms with Gasteiger partial charge in [-0.1, -0.05) is 48.5 Å². The Balaban J connectivity index is 1.49. The molecule has 100 valence electrons. The number of rotatable bonds is 8. The number of hydrogen-bond donors (Lipinski definition) is 0. The number of benzene rings is 2. The van der Waals surface area contributed by atoms with E-state index < -0.39 is 0 Å². The fourth-order valence-corrected chi connectivity index (χ4v) is 1.86. The number of hydrogen-bond acceptors (Lipinski definition) is 2. The van der Waals surface area contributed by atoms with Crippen molar-refractivity contribution in [1.82, 2.24) is 0 Å². The lowest BCUT2D eigenvalue weighted by atomic mass is 10.1. The van der Waals surface area contributed by atoms with E-state index >= 15 is 0 Å². The van der Waals surface area contributed by atoms with Crippen LogP contribution in [0.25, 0.3) is 0 Å². The van der Waals surface area contributed by atoms with Crippen LogP contribution in [0.4, 0.5) is 0 Å². The second-order valence-corrected chi connectivity index (χ2v) is 4.36. The van der Waals surface area contributed by atoms with Gasteiger partial charge in [-0.25, -0.2) is 0 Å². The fourth-order valence-electron chi connectivity index (χ4n) is 1.86. The molecule has 0 saturated heterocycles. The second-order valence-electron chi connectivity index (χ2n) is 4.36. The summed E-state index contributed by atoms with van der Waals surface area (Å²) in [6.07, 6.45) is 2.12. The molecule has 19 heavy (non-hydrogen) atoms. The van der Waals surface area contributed by atoms with Crippen LogP contribution < -0.4 is 4.74 Å². The van der Waals surface area contributed by atoms with E-state index in [4.69, 9.17) is 9.47 Å². The summed E-state index contributed by atoms with van der Waals surface area (Å²) in [4.78, 5) is 0. The van der Waals surface area contributed by atoms with E-state index in [-0.39, 0.29) is 0 Å². The third-order valence-corrected chi connectivity index (χ3v) is 2.84. The summed E-state index contributed by atoms with van der Waals surface area (Å²) in [6.45, 7) is 2.03. The van der Waals surface area contributed by atoms with Crippen molar-refractivity contribution < 1.29 is 9.47 Å². The maximum Gasteiger partial charge on any atom is 0.119 e. The van der Waals surface area contributed by atoms with E-state index in [1.54, 1.807) is 0 Å². The monoisotopic (exact) mass is 256 g/mol. The van der Waals surface area contributed by atoms with Gasteiger partial charge in [0, 0.05) is 6.61 Å². The van der Waals surface area contributed by atoms with Gasteiger partial charge in [0.15, 0.2) is 0 Å². The zero-order valence-electron chi connectivity index (χ0n) is 11.1. The van der Waals surface area contributed by atoms with Gasteiger partial charge < -0.3 is 9.47 Å². The highest BCUT2D eigenvalue weighted by atomic mass is 16.5. The molecular weight excluding hydrogens is 236 g/mol. The Labute approximate surface area is 115 Å². The van der Waals surface area contributed by atoms with Crippen LogP contribution in [0.1, 0.15) is 12.0 Å². The van der Waals surface area contributed by atoms with Gasteiger partial charge in [-0.15, -0.1) is 0 Å². The predicted octanol–water partition coefficient (Wildman–Crippen LogP) is 3.71. The molecule has 0 atom stereocenters. The summed E-state index contributed by atoms with van der Waals surface area (Å²) in [5, 5.41) is 0. The molecule has 0 unspecified atom stereocenters. The van der Waals surface area contributed by atoms with E-state index in [2.05, 4.69) is 24.3 Å². The number of aryl methyl sites for hydroxylation is 1. The van der Waals surface area contributed by atoms with Crippen LogP contribution in [0.15, 0.2) is 60.7 Å².